The lowest BCUT2D eigenvalue weighted by atomic mass is 10.1. The summed E-state index contributed by atoms with van der Waals surface area (Å²) in [5, 5.41) is 5.76. The normalized spacial score (nSPS) is 13.4. The van der Waals surface area contributed by atoms with E-state index in [1.807, 2.05) is 13.8 Å². The van der Waals surface area contributed by atoms with Gasteiger partial charge in [0.05, 0.1) is 6.10 Å². The molecule has 0 saturated heterocycles. The Bertz CT molecular complexity index is 765. The van der Waals surface area contributed by atoms with Crippen molar-refractivity contribution in [3.8, 4) is 5.75 Å². The molecule has 5 heteroatoms. The highest BCUT2D eigenvalue weighted by Gasteiger charge is 2.23. The summed E-state index contributed by atoms with van der Waals surface area (Å²) in [7, 11) is 0. The van der Waals surface area contributed by atoms with Crippen molar-refractivity contribution in [1.82, 2.24) is 5.32 Å². The Morgan fingerprint density at radius 2 is 1.72 bits per heavy atom. The smallest absolute Gasteiger partial charge is 0.255 e. The van der Waals surface area contributed by atoms with Gasteiger partial charge in [-0.25, -0.2) is 0 Å². The highest BCUT2D eigenvalue weighted by molar-refractivity contribution is 6.05. The first-order valence-electron chi connectivity index (χ1n) is 8.50. The van der Waals surface area contributed by atoms with Crippen LogP contribution in [0.1, 0.15) is 47.4 Å². The van der Waals surface area contributed by atoms with Gasteiger partial charge in [-0.2, -0.15) is 0 Å². The van der Waals surface area contributed by atoms with Crippen molar-refractivity contribution in [2.45, 2.75) is 38.8 Å². The first-order valence-corrected chi connectivity index (χ1v) is 8.50. The lowest BCUT2D eigenvalue weighted by Crippen LogP contribution is -2.25. The van der Waals surface area contributed by atoms with Crippen LogP contribution in [0.4, 0.5) is 5.69 Å². The van der Waals surface area contributed by atoms with Crippen molar-refractivity contribution in [1.29, 1.82) is 0 Å². The molecule has 0 aliphatic heterocycles. The lowest BCUT2D eigenvalue weighted by Gasteiger charge is -2.11. The van der Waals surface area contributed by atoms with Crippen molar-refractivity contribution in [3.63, 3.8) is 0 Å². The maximum absolute atomic E-state index is 12.4. The zero-order valence-electron chi connectivity index (χ0n) is 14.4. The Morgan fingerprint density at radius 3 is 2.36 bits per heavy atom. The molecule has 2 amide bonds. The van der Waals surface area contributed by atoms with E-state index in [1.54, 1.807) is 48.5 Å². The number of rotatable bonds is 6. The van der Waals surface area contributed by atoms with Gasteiger partial charge in [-0.1, -0.05) is 6.07 Å². The van der Waals surface area contributed by atoms with E-state index < -0.39 is 0 Å². The van der Waals surface area contributed by atoms with E-state index in [9.17, 15) is 9.59 Å². The van der Waals surface area contributed by atoms with Gasteiger partial charge in [-0.05, 0) is 69.2 Å². The summed E-state index contributed by atoms with van der Waals surface area (Å²) in [5.41, 5.74) is 1.67. The molecule has 2 N–H and O–H groups in total. The average molecular weight is 338 g/mol. The molecule has 0 radical (unpaired) electrons. The van der Waals surface area contributed by atoms with Crippen molar-refractivity contribution < 1.29 is 14.3 Å². The van der Waals surface area contributed by atoms with E-state index in [-0.39, 0.29) is 17.9 Å². The van der Waals surface area contributed by atoms with Crippen LogP contribution in [0.15, 0.2) is 48.5 Å². The van der Waals surface area contributed by atoms with E-state index in [4.69, 9.17) is 4.74 Å². The Hall–Kier alpha value is -2.82. The molecule has 1 aliphatic rings. The van der Waals surface area contributed by atoms with Gasteiger partial charge in [-0.15, -0.1) is 0 Å². The summed E-state index contributed by atoms with van der Waals surface area (Å²) in [5.74, 6) is 0.398. The van der Waals surface area contributed by atoms with Gasteiger partial charge in [0, 0.05) is 22.9 Å². The first-order chi connectivity index (χ1) is 12.0. The molecule has 0 bridgehead atoms. The highest BCUT2D eigenvalue weighted by Crippen LogP contribution is 2.20. The van der Waals surface area contributed by atoms with Crippen molar-refractivity contribution in [3.05, 3.63) is 59.7 Å². The van der Waals surface area contributed by atoms with Crippen LogP contribution in [-0.2, 0) is 0 Å². The third kappa shape index (κ3) is 4.83. The topological polar surface area (TPSA) is 67.4 Å². The van der Waals surface area contributed by atoms with Crippen molar-refractivity contribution in [2.75, 3.05) is 5.32 Å². The largest absolute Gasteiger partial charge is 0.491 e. The fraction of sp³-hybridized carbons (Fsp3) is 0.300. The molecule has 0 spiro atoms. The molecule has 3 rings (SSSR count). The number of nitrogens with one attached hydrogen (secondary N) is 2. The minimum absolute atomic E-state index is 0.0872. The molecule has 0 atom stereocenters. The van der Waals surface area contributed by atoms with Crippen LogP contribution in [0.25, 0.3) is 0 Å². The van der Waals surface area contributed by atoms with Gasteiger partial charge >= 0.3 is 0 Å². The Morgan fingerprint density at radius 1 is 1.00 bits per heavy atom. The second-order valence-electron chi connectivity index (χ2n) is 6.47. The van der Waals surface area contributed by atoms with Gasteiger partial charge in [0.15, 0.2) is 0 Å². The van der Waals surface area contributed by atoms with Gasteiger partial charge in [0.2, 0.25) is 0 Å². The van der Waals surface area contributed by atoms with Crippen molar-refractivity contribution >= 4 is 17.5 Å². The Labute approximate surface area is 147 Å². The minimum atomic E-state index is -0.226. The summed E-state index contributed by atoms with van der Waals surface area (Å²) < 4.78 is 5.57. The van der Waals surface area contributed by atoms with Gasteiger partial charge in [-0.3, -0.25) is 9.59 Å². The van der Waals surface area contributed by atoms with Gasteiger partial charge in [0.25, 0.3) is 11.8 Å². The number of anilines is 1. The maximum Gasteiger partial charge on any atom is 0.255 e. The number of carbonyl (C=O) groups excluding carboxylic acids is 2. The number of benzene rings is 2. The van der Waals surface area contributed by atoms with E-state index in [1.165, 1.54) is 0 Å². The molecular formula is C20H22N2O3. The minimum Gasteiger partial charge on any atom is -0.491 e. The average Bonchev–Trinajstić information content (AvgIpc) is 3.39. The number of carbonyl (C=O) groups is 2. The molecule has 0 heterocycles. The van der Waals surface area contributed by atoms with Crippen LogP contribution in [0.5, 0.6) is 5.75 Å². The third-order valence-corrected chi connectivity index (χ3v) is 3.78. The number of amides is 2. The maximum atomic E-state index is 12.4. The molecule has 2 aromatic rings. The van der Waals surface area contributed by atoms with Gasteiger partial charge in [0.1, 0.15) is 5.75 Å². The third-order valence-electron chi connectivity index (χ3n) is 3.78. The molecule has 25 heavy (non-hydrogen) atoms. The molecule has 130 valence electrons. The second kappa shape index (κ2) is 7.38. The van der Waals surface area contributed by atoms with Crippen molar-refractivity contribution in [2.24, 2.45) is 0 Å². The van der Waals surface area contributed by atoms with E-state index >= 15 is 0 Å². The quantitative estimate of drug-likeness (QED) is 0.845. The molecule has 2 aromatic carbocycles. The monoisotopic (exact) mass is 338 g/mol. The number of ether oxygens (including phenoxy) is 1. The predicted molar refractivity (Wildman–Crippen MR) is 97.1 cm³/mol. The highest BCUT2D eigenvalue weighted by atomic mass is 16.5. The Balaban J connectivity index is 1.64. The van der Waals surface area contributed by atoms with Crippen LogP contribution in [0.3, 0.4) is 0 Å². The standard InChI is InChI=1S/C20H22N2O3/c1-13(2)25-18-10-6-14(7-11-18)19(23)22-17-5-3-4-15(12-17)20(24)21-16-8-9-16/h3-7,10-13,16H,8-9H2,1-2H3,(H,21,24)(H,22,23). The van der Waals surface area contributed by atoms with E-state index in [0.717, 1.165) is 18.6 Å². The van der Waals surface area contributed by atoms with Gasteiger partial charge < -0.3 is 15.4 Å². The van der Waals surface area contributed by atoms with E-state index in [0.29, 0.717) is 22.9 Å². The summed E-state index contributed by atoms with van der Waals surface area (Å²) in [6.07, 6.45) is 2.17. The van der Waals surface area contributed by atoms with Crippen LogP contribution in [0, 0.1) is 0 Å². The summed E-state index contributed by atoms with van der Waals surface area (Å²) in [6, 6.07) is 14.2. The molecule has 0 aromatic heterocycles. The predicted octanol–water partition coefficient (Wildman–Crippen LogP) is 3.62. The molecule has 5 nitrogen and oxygen atoms in total. The first kappa shape index (κ1) is 17.0. The number of hydrogen-bond donors (Lipinski definition) is 2. The zero-order chi connectivity index (χ0) is 17.8. The Kier molecular flexibility index (Phi) is 5.03. The summed E-state index contributed by atoms with van der Waals surface area (Å²) in [6.45, 7) is 3.90. The van der Waals surface area contributed by atoms with Crippen LogP contribution in [-0.4, -0.2) is 24.0 Å². The SMILES string of the molecule is CC(C)Oc1ccc(C(=O)Nc2cccc(C(=O)NC3CC3)c2)cc1. The molecule has 1 saturated carbocycles. The summed E-state index contributed by atoms with van der Waals surface area (Å²) >= 11 is 0. The molecule has 1 fully saturated rings. The van der Waals surface area contributed by atoms with Crippen LogP contribution >= 0.6 is 0 Å². The fourth-order valence-electron chi connectivity index (χ4n) is 2.39. The molecule has 0 unspecified atom stereocenters. The zero-order valence-corrected chi connectivity index (χ0v) is 14.4. The second-order valence-corrected chi connectivity index (χ2v) is 6.47. The number of hydrogen-bond acceptors (Lipinski definition) is 3. The lowest BCUT2D eigenvalue weighted by molar-refractivity contribution is 0.0949. The van der Waals surface area contributed by atoms with Crippen LogP contribution in [0.2, 0.25) is 0 Å². The van der Waals surface area contributed by atoms with Crippen LogP contribution < -0.4 is 15.4 Å². The molecular weight excluding hydrogens is 316 g/mol. The summed E-state index contributed by atoms with van der Waals surface area (Å²) in [4.78, 5) is 24.5. The molecule has 1 aliphatic carbocycles. The fourth-order valence-corrected chi connectivity index (χ4v) is 2.39. The van der Waals surface area contributed by atoms with E-state index in [2.05, 4.69) is 10.6 Å².